The van der Waals surface area contributed by atoms with Crippen molar-refractivity contribution in [2.24, 2.45) is 0 Å². The fourth-order valence-corrected chi connectivity index (χ4v) is 2.38. The molecular weight excluding hydrogens is 268 g/mol. The molecule has 0 aliphatic rings. The number of nitrogens with zero attached hydrogens (tertiary/aromatic N) is 2. The Bertz CT molecular complexity index is 289. The van der Waals surface area contributed by atoms with Gasteiger partial charge in [0.15, 0.2) is 0 Å². The smallest absolute Gasteiger partial charge is 0.230 e. The molecule has 0 rings (SSSR count). The molecule has 0 amide bonds. The SMILES string of the molecule is O=[N+]([O-])C=CCCCCSCCCCC=C[N+](=O)[O-]. The molecule has 0 N–H and O–H groups in total. The maximum absolute atomic E-state index is 9.99. The minimum absolute atomic E-state index is 0.442. The normalized spacial score (nSPS) is 11.4. The zero-order valence-corrected chi connectivity index (χ0v) is 11.7. The Morgan fingerprint density at radius 3 is 1.58 bits per heavy atom. The highest BCUT2D eigenvalue weighted by Crippen LogP contribution is 2.10. The second kappa shape index (κ2) is 13.1. The average Bonchev–Trinajstić information content (AvgIpc) is 2.34. The van der Waals surface area contributed by atoms with Gasteiger partial charge in [0.05, 0.1) is 9.85 Å². The zero-order chi connectivity index (χ0) is 14.3. The Balaban J connectivity index is 3.15. The number of nitro groups is 2. The lowest BCUT2D eigenvalue weighted by molar-refractivity contribution is -0.402. The number of hydrogen-bond acceptors (Lipinski definition) is 5. The van der Waals surface area contributed by atoms with Crippen molar-refractivity contribution in [3.8, 4) is 0 Å². The van der Waals surface area contributed by atoms with Gasteiger partial charge in [0.1, 0.15) is 0 Å². The molecule has 0 aliphatic carbocycles. The summed E-state index contributed by atoms with van der Waals surface area (Å²) in [5, 5.41) is 20.0. The van der Waals surface area contributed by atoms with Crippen LogP contribution in [-0.2, 0) is 0 Å². The molecule has 0 bridgehead atoms. The van der Waals surface area contributed by atoms with Crippen LogP contribution in [0.2, 0.25) is 0 Å². The highest BCUT2D eigenvalue weighted by Gasteiger charge is 1.92. The van der Waals surface area contributed by atoms with E-state index in [0.717, 1.165) is 62.4 Å². The summed E-state index contributed by atoms with van der Waals surface area (Å²) in [4.78, 5) is 19.1. The average molecular weight is 288 g/mol. The van der Waals surface area contributed by atoms with Crippen LogP contribution in [0.25, 0.3) is 0 Å². The zero-order valence-electron chi connectivity index (χ0n) is 10.9. The van der Waals surface area contributed by atoms with Crippen molar-refractivity contribution in [2.75, 3.05) is 11.5 Å². The Morgan fingerprint density at radius 2 is 1.21 bits per heavy atom. The predicted octanol–water partition coefficient (Wildman–Crippen LogP) is 3.64. The molecule has 7 heteroatoms. The number of unbranched alkanes of at least 4 members (excludes halogenated alkanes) is 4. The maximum atomic E-state index is 9.99. The molecule has 0 aliphatic heterocycles. The lowest BCUT2D eigenvalue weighted by Crippen LogP contribution is -1.86. The minimum Gasteiger partial charge on any atom is -0.259 e. The first-order valence-corrected chi connectivity index (χ1v) is 7.46. The van der Waals surface area contributed by atoms with E-state index < -0.39 is 9.85 Å². The fourth-order valence-electron chi connectivity index (χ4n) is 1.36. The molecule has 0 radical (unpaired) electrons. The first-order valence-electron chi connectivity index (χ1n) is 6.31. The van der Waals surface area contributed by atoms with Gasteiger partial charge in [0.2, 0.25) is 12.4 Å². The third-order valence-corrected chi connectivity index (χ3v) is 3.43. The second-order valence-corrected chi connectivity index (χ2v) is 5.17. The van der Waals surface area contributed by atoms with Gasteiger partial charge in [-0.2, -0.15) is 11.8 Å². The Kier molecular flexibility index (Phi) is 12.1. The first-order chi connectivity index (χ1) is 9.13. The van der Waals surface area contributed by atoms with E-state index in [1.54, 1.807) is 12.2 Å². The second-order valence-electron chi connectivity index (χ2n) is 3.94. The van der Waals surface area contributed by atoms with Gasteiger partial charge in [-0.1, -0.05) is 0 Å². The van der Waals surface area contributed by atoms with Crippen molar-refractivity contribution in [2.45, 2.75) is 38.5 Å². The highest BCUT2D eigenvalue weighted by molar-refractivity contribution is 7.99. The minimum atomic E-state index is -0.442. The van der Waals surface area contributed by atoms with Gasteiger partial charge in [0.25, 0.3) is 0 Å². The van der Waals surface area contributed by atoms with Crippen LogP contribution in [0.15, 0.2) is 24.6 Å². The molecule has 0 aromatic carbocycles. The van der Waals surface area contributed by atoms with Gasteiger partial charge in [-0.15, -0.1) is 0 Å². The highest BCUT2D eigenvalue weighted by atomic mass is 32.2. The quantitative estimate of drug-likeness (QED) is 0.311. The van der Waals surface area contributed by atoms with Crippen molar-refractivity contribution in [1.29, 1.82) is 0 Å². The molecule has 0 fully saturated rings. The fraction of sp³-hybridized carbons (Fsp3) is 0.667. The predicted molar refractivity (Wildman–Crippen MR) is 77.3 cm³/mol. The van der Waals surface area contributed by atoms with Crippen molar-refractivity contribution in [3.63, 3.8) is 0 Å². The summed E-state index contributed by atoms with van der Waals surface area (Å²) in [6.45, 7) is 0. The molecule has 0 atom stereocenters. The topological polar surface area (TPSA) is 86.3 Å². The van der Waals surface area contributed by atoms with Crippen LogP contribution in [0.1, 0.15) is 38.5 Å². The third-order valence-electron chi connectivity index (χ3n) is 2.27. The van der Waals surface area contributed by atoms with Gasteiger partial charge in [-0.05, 0) is 62.2 Å². The number of thioether (sulfide) groups is 1. The van der Waals surface area contributed by atoms with Crippen LogP contribution in [-0.4, -0.2) is 21.4 Å². The summed E-state index contributed by atoms with van der Waals surface area (Å²) in [7, 11) is 0. The number of hydrogen-bond donors (Lipinski definition) is 0. The molecule has 0 saturated carbocycles. The van der Waals surface area contributed by atoms with E-state index in [2.05, 4.69) is 0 Å². The molecule has 0 saturated heterocycles. The van der Waals surface area contributed by atoms with Gasteiger partial charge in [-0.25, -0.2) is 0 Å². The summed E-state index contributed by atoms with van der Waals surface area (Å²) < 4.78 is 0. The van der Waals surface area contributed by atoms with E-state index in [0.29, 0.717) is 0 Å². The largest absolute Gasteiger partial charge is 0.259 e. The van der Waals surface area contributed by atoms with Crippen molar-refractivity contribution in [1.82, 2.24) is 0 Å². The van der Waals surface area contributed by atoms with E-state index in [1.807, 2.05) is 11.8 Å². The van der Waals surface area contributed by atoms with Crippen LogP contribution in [0.5, 0.6) is 0 Å². The van der Waals surface area contributed by atoms with Crippen LogP contribution >= 0.6 is 11.8 Å². The standard InChI is InChI=1S/C12H20N2O4S/c15-13(16)9-5-1-3-7-11-19-12-8-4-2-6-10-14(17)18/h5-6,9-10H,1-4,7-8,11-12H2. The monoisotopic (exact) mass is 288 g/mol. The Labute approximate surface area is 117 Å². The molecule has 6 nitrogen and oxygen atoms in total. The van der Waals surface area contributed by atoms with Gasteiger partial charge in [-0.3, -0.25) is 20.2 Å². The van der Waals surface area contributed by atoms with Gasteiger partial charge in [0, 0.05) is 0 Å². The molecule has 108 valence electrons. The summed E-state index contributed by atoms with van der Waals surface area (Å²) >= 11 is 1.87. The molecule has 0 aromatic heterocycles. The van der Waals surface area contributed by atoms with E-state index in [9.17, 15) is 20.2 Å². The van der Waals surface area contributed by atoms with Gasteiger partial charge < -0.3 is 0 Å². The van der Waals surface area contributed by atoms with Gasteiger partial charge >= 0.3 is 0 Å². The van der Waals surface area contributed by atoms with Crippen LogP contribution in [0, 0.1) is 20.2 Å². The van der Waals surface area contributed by atoms with Crippen molar-refractivity contribution < 1.29 is 9.85 Å². The summed E-state index contributed by atoms with van der Waals surface area (Å²) in [5.41, 5.74) is 0. The maximum Gasteiger partial charge on any atom is 0.230 e. The van der Waals surface area contributed by atoms with E-state index >= 15 is 0 Å². The lowest BCUT2D eigenvalue weighted by Gasteiger charge is -1.99. The summed E-state index contributed by atoms with van der Waals surface area (Å²) in [5.74, 6) is 2.13. The number of allylic oxidation sites excluding steroid dienone is 2. The van der Waals surface area contributed by atoms with Crippen LogP contribution in [0.3, 0.4) is 0 Å². The molecule has 0 aromatic rings. The van der Waals surface area contributed by atoms with Crippen LogP contribution < -0.4 is 0 Å². The summed E-state index contributed by atoms with van der Waals surface area (Å²) in [6, 6.07) is 0. The number of rotatable bonds is 12. The molecule has 0 unspecified atom stereocenters. The van der Waals surface area contributed by atoms with E-state index in [-0.39, 0.29) is 0 Å². The molecule has 0 heterocycles. The van der Waals surface area contributed by atoms with Crippen molar-refractivity contribution in [3.05, 3.63) is 44.8 Å². The first kappa shape index (κ1) is 17.6. The third kappa shape index (κ3) is 16.6. The molecular formula is C12H20N2O4S. The Morgan fingerprint density at radius 1 is 0.789 bits per heavy atom. The van der Waals surface area contributed by atoms with Crippen molar-refractivity contribution >= 4 is 11.8 Å². The lowest BCUT2D eigenvalue weighted by atomic mass is 10.2. The molecule has 0 spiro atoms. The Hall–Kier alpha value is -1.37. The molecule has 19 heavy (non-hydrogen) atoms. The summed E-state index contributed by atoms with van der Waals surface area (Å²) in [6.07, 6.45) is 10.8. The van der Waals surface area contributed by atoms with E-state index in [1.165, 1.54) is 0 Å². The van der Waals surface area contributed by atoms with E-state index in [4.69, 9.17) is 0 Å². The van der Waals surface area contributed by atoms with Crippen LogP contribution in [0.4, 0.5) is 0 Å².